The molecule has 1 heterocycles. The standard InChI is InChI=1S/C18H15F5N2O/c1-9(10-2-3-10)25-17(26)12-6-15(16(24-8-12)18(21,22)23)11-4-13(19)7-14(20)5-11/h4-10H,2-3H2,1H3,(H,25,26)/t9-/m0/s1. The van der Waals surface area contributed by atoms with Crippen molar-refractivity contribution in [3.63, 3.8) is 0 Å². The first-order chi connectivity index (χ1) is 12.1. The van der Waals surface area contributed by atoms with Crippen LogP contribution in [0, 0.1) is 17.6 Å². The molecule has 0 saturated heterocycles. The first kappa shape index (κ1) is 18.3. The van der Waals surface area contributed by atoms with Gasteiger partial charge in [-0.1, -0.05) is 0 Å². The molecular weight excluding hydrogens is 355 g/mol. The number of nitrogens with zero attached hydrogens (tertiary/aromatic N) is 1. The van der Waals surface area contributed by atoms with Gasteiger partial charge in [-0.25, -0.2) is 8.78 Å². The summed E-state index contributed by atoms with van der Waals surface area (Å²) in [7, 11) is 0. The van der Waals surface area contributed by atoms with Gasteiger partial charge in [0.1, 0.15) is 11.6 Å². The van der Waals surface area contributed by atoms with E-state index in [9.17, 15) is 26.7 Å². The van der Waals surface area contributed by atoms with E-state index in [2.05, 4.69) is 10.3 Å². The number of amides is 1. The lowest BCUT2D eigenvalue weighted by molar-refractivity contribution is -0.140. The quantitative estimate of drug-likeness (QED) is 0.801. The molecular formula is C18H15F5N2O. The van der Waals surface area contributed by atoms with Crippen molar-refractivity contribution in [2.24, 2.45) is 5.92 Å². The molecule has 0 unspecified atom stereocenters. The number of carbonyl (C=O) groups is 1. The smallest absolute Gasteiger partial charge is 0.349 e. The number of aromatic nitrogens is 1. The molecule has 1 aromatic carbocycles. The molecule has 1 amide bonds. The lowest BCUT2D eigenvalue weighted by Crippen LogP contribution is -2.34. The van der Waals surface area contributed by atoms with Crippen molar-refractivity contribution in [3.05, 3.63) is 53.4 Å². The molecule has 2 aromatic rings. The number of halogens is 5. The summed E-state index contributed by atoms with van der Waals surface area (Å²) in [6.07, 6.45) is -2.05. The van der Waals surface area contributed by atoms with E-state index in [0.717, 1.165) is 37.2 Å². The van der Waals surface area contributed by atoms with Crippen LogP contribution in [0.4, 0.5) is 22.0 Å². The monoisotopic (exact) mass is 370 g/mol. The molecule has 0 aliphatic heterocycles. The molecule has 1 saturated carbocycles. The lowest BCUT2D eigenvalue weighted by atomic mass is 10.0. The van der Waals surface area contributed by atoms with Gasteiger partial charge < -0.3 is 5.32 Å². The fourth-order valence-electron chi connectivity index (χ4n) is 2.75. The summed E-state index contributed by atoms with van der Waals surface area (Å²) in [6, 6.07) is 2.94. The van der Waals surface area contributed by atoms with Gasteiger partial charge in [0.2, 0.25) is 0 Å². The average Bonchev–Trinajstić information content (AvgIpc) is 3.37. The highest BCUT2D eigenvalue weighted by Gasteiger charge is 2.36. The zero-order valence-electron chi connectivity index (χ0n) is 13.7. The predicted octanol–water partition coefficient (Wildman–Crippen LogP) is 4.57. The number of carbonyl (C=O) groups excluding carboxylic acids is 1. The third-order valence-electron chi connectivity index (χ3n) is 4.28. The Balaban J connectivity index is 2.02. The molecule has 3 rings (SSSR count). The fourth-order valence-corrected chi connectivity index (χ4v) is 2.75. The van der Waals surface area contributed by atoms with Gasteiger partial charge in [0.25, 0.3) is 5.91 Å². The van der Waals surface area contributed by atoms with Crippen molar-refractivity contribution in [2.75, 3.05) is 0 Å². The van der Waals surface area contributed by atoms with Crippen LogP contribution in [-0.4, -0.2) is 16.9 Å². The van der Waals surface area contributed by atoms with Gasteiger partial charge in [0.15, 0.2) is 5.69 Å². The van der Waals surface area contributed by atoms with E-state index in [1.807, 2.05) is 6.92 Å². The predicted molar refractivity (Wildman–Crippen MR) is 84.2 cm³/mol. The summed E-state index contributed by atoms with van der Waals surface area (Å²) < 4.78 is 66.6. The summed E-state index contributed by atoms with van der Waals surface area (Å²) in [5.41, 5.74) is -2.31. The van der Waals surface area contributed by atoms with Crippen LogP contribution >= 0.6 is 0 Å². The van der Waals surface area contributed by atoms with Gasteiger partial charge in [-0.3, -0.25) is 9.78 Å². The molecule has 1 fully saturated rings. The van der Waals surface area contributed by atoms with Crippen molar-refractivity contribution in [3.8, 4) is 11.1 Å². The maximum Gasteiger partial charge on any atom is 0.433 e. The lowest BCUT2D eigenvalue weighted by Gasteiger charge is -2.16. The number of nitrogens with one attached hydrogen (secondary N) is 1. The molecule has 26 heavy (non-hydrogen) atoms. The number of hydrogen-bond acceptors (Lipinski definition) is 2. The van der Waals surface area contributed by atoms with Crippen LogP contribution in [0.3, 0.4) is 0 Å². The molecule has 1 N–H and O–H groups in total. The van der Waals surface area contributed by atoms with Crippen LogP contribution < -0.4 is 5.32 Å². The number of pyridine rings is 1. The van der Waals surface area contributed by atoms with Crippen LogP contribution in [0.2, 0.25) is 0 Å². The second-order valence-electron chi connectivity index (χ2n) is 6.38. The molecule has 1 aliphatic carbocycles. The van der Waals surface area contributed by atoms with Crippen LogP contribution in [0.1, 0.15) is 35.8 Å². The van der Waals surface area contributed by atoms with E-state index in [4.69, 9.17) is 0 Å². The second-order valence-corrected chi connectivity index (χ2v) is 6.38. The molecule has 8 heteroatoms. The number of hydrogen-bond donors (Lipinski definition) is 1. The number of benzene rings is 1. The molecule has 3 nitrogen and oxygen atoms in total. The van der Waals surface area contributed by atoms with E-state index in [-0.39, 0.29) is 17.2 Å². The van der Waals surface area contributed by atoms with Crippen molar-refractivity contribution in [2.45, 2.75) is 32.0 Å². The van der Waals surface area contributed by atoms with Crippen LogP contribution in [0.25, 0.3) is 11.1 Å². The van der Waals surface area contributed by atoms with Crippen molar-refractivity contribution in [1.82, 2.24) is 10.3 Å². The third-order valence-corrected chi connectivity index (χ3v) is 4.28. The first-order valence-corrected chi connectivity index (χ1v) is 7.99. The summed E-state index contributed by atoms with van der Waals surface area (Å²) in [6.45, 7) is 1.82. The van der Waals surface area contributed by atoms with Crippen LogP contribution in [0.15, 0.2) is 30.5 Å². The highest BCUT2D eigenvalue weighted by molar-refractivity contribution is 5.95. The van der Waals surface area contributed by atoms with Gasteiger partial charge in [-0.2, -0.15) is 13.2 Å². The zero-order chi connectivity index (χ0) is 19.1. The molecule has 1 atom stereocenters. The van der Waals surface area contributed by atoms with Crippen molar-refractivity contribution >= 4 is 5.91 Å². The number of rotatable bonds is 4. The van der Waals surface area contributed by atoms with Gasteiger partial charge in [-0.05, 0) is 49.4 Å². The van der Waals surface area contributed by atoms with Crippen molar-refractivity contribution < 1.29 is 26.7 Å². The first-order valence-electron chi connectivity index (χ1n) is 7.99. The second kappa shape index (κ2) is 6.66. The van der Waals surface area contributed by atoms with E-state index < -0.39 is 35.0 Å². The van der Waals surface area contributed by atoms with E-state index >= 15 is 0 Å². The summed E-state index contributed by atoms with van der Waals surface area (Å²) in [5.74, 6) is -2.27. The molecule has 138 valence electrons. The van der Waals surface area contributed by atoms with Crippen molar-refractivity contribution in [1.29, 1.82) is 0 Å². The minimum absolute atomic E-state index is 0.106. The Kier molecular flexibility index (Phi) is 4.68. The Bertz CT molecular complexity index is 826. The van der Waals surface area contributed by atoms with E-state index in [1.54, 1.807) is 0 Å². The van der Waals surface area contributed by atoms with Gasteiger partial charge in [0.05, 0.1) is 5.56 Å². The minimum atomic E-state index is -4.84. The largest absolute Gasteiger partial charge is 0.433 e. The molecule has 1 aliphatic rings. The molecule has 0 spiro atoms. The Hall–Kier alpha value is -2.51. The molecule has 0 bridgehead atoms. The average molecular weight is 370 g/mol. The van der Waals surface area contributed by atoms with Gasteiger partial charge >= 0.3 is 6.18 Å². The summed E-state index contributed by atoms with van der Waals surface area (Å²) in [5, 5.41) is 2.71. The Morgan fingerprint density at radius 2 is 1.77 bits per heavy atom. The Labute approximate surface area is 146 Å². The van der Waals surface area contributed by atoms with E-state index in [0.29, 0.717) is 12.0 Å². The minimum Gasteiger partial charge on any atom is -0.349 e. The molecule has 0 radical (unpaired) electrons. The topological polar surface area (TPSA) is 42.0 Å². The maximum atomic E-state index is 13.4. The Morgan fingerprint density at radius 1 is 1.15 bits per heavy atom. The zero-order valence-corrected chi connectivity index (χ0v) is 13.7. The number of alkyl halides is 3. The highest BCUT2D eigenvalue weighted by Crippen LogP contribution is 2.37. The Morgan fingerprint density at radius 3 is 2.31 bits per heavy atom. The third kappa shape index (κ3) is 4.00. The van der Waals surface area contributed by atoms with E-state index in [1.165, 1.54) is 0 Å². The fraction of sp³-hybridized carbons (Fsp3) is 0.333. The van der Waals surface area contributed by atoms with Crippen LogP contribution in [0.5, 0.6) is 0 Å². The summed E-state index contributed by atoms with van der Waals surface area (Å²) >= 11 is 0. The SMILES string of the molecule is C[C@H](NC(=O)c1cnc(C(F)(F)F)c(-c2cc(F)cc(F)c2)c1)C1CC1. The maximum absolute atomic E-state index is 13.4. The van der Waals surface area contributed by atoms with Crippen LogP contribution in [-0.2, 0) is 6.18 Å². The molecule has 1 aromatic heterocycles. The normalized spacial score (nSPS) is 15.6. The van der Waals surface area contributed by atoms with Gasteiger partial charge in [-0.15, -0.1) is 0 Å². The van der Waals surface area contributed by atoms with Gasteiger partial charge in [0, 0.05) is 23.9 Å². The summed E-state index contributed by atoms with van der Waals surface area (Å²) in [4.78, 5) is 15.6. The highest BCUT2D eigenvalue weighted by atomic mass is 19.4.